The van der Waals surface area contributed by atoms with Crippen LogP contribution in [0.5, 0.6) is 0 Å². The first kappa shape index (κ1) is 23.5. The predicted octanol–water partition coefficient (Wildman–Crippen LogP) is 5.59. The topological polar surface area (TPSA) is 79.5 Å². The number of aliphatic hydroxyl groups excluding tert-OH is 1. The summed E-state index contributed by atoms with van der Waals surface area (Å²) < 4.78 is 16.1. The van der Waals surface area contributed by atoms with Crippen molar-refractivity contribution in [1.82, 2.24) is 4.57 Å². The molecule has 33 heavy (non-hydrogen) atoms. The molecule has 1 fully saturated rings. The number of aromatic nitrogens is 1. The van der Waals surface area contributed by atoms with E-state index in [4.69, 9.17) is 11.6 Å². The number of hydrogen-bond acceptors (Lipinski definition) is 3. The summed E-state index contributed by atoms with van der Waals surface area (Å²) in [4.78, 5) is 24.8. The lowest BCUT2D eigenvalue weighted by Crippen LogP contribution is -2.24. The molecule has 1 aliphatic carbocycles. The van der Waals surface area contributed by atoms with Crippen LogP contribution in [0, 0.1) is 11.7 Å². The van der Waals surface area contributed by atoms with Crippen molar-refractivity contribution in [3.05, 3.63) is 80.3 Å². The molecule has 3 aromatic rings. The average molecular weight is 472 g/mol. The fourth-order valence-corrected chi connectivity index (χ4v) is 5.15. The van der Waals surface area contributed by atoms with Gasteiger partial charge in [-0.15, -0.1) is 0 Å². The van der Waals surface area contributed by atoms with E-state index in [1.54, 1.807) is 34.9 Å². The highest BCUT2D eigenvalue weighted by Crippen LogP contribution is 2.32. The van der Waals surface area contributed by atoms with Crippen LogP contribution in [0.25, 0.3) is 10.9 Å². The largest absolute Gasteiger partial charge is 0.477 e. The number of hydrogen-bond donors (Lipinski definition) is 2. The quantitative estimate of drug-likeness (QED) is 0.471. The number of pyridine rings is 1. The molecule has 7 heteroatoms. The van der Waals surface area contributed by atoms with Crippen LogP contribution in [0.1, 0.15) is 66.1 Å². The summed E-state index contributed by atoms with van der Waals surface area (Å²) in [5.74, 6) is -1.36. The fraction of sp³-hybridized carbons (Fsp3) is 0.385. The summed E-state index contributed by atoms with van der Waals surface area (Å²) in [5.41, 5.74) is 0.701. The second-order valence-corrected chi connectivity index (χ2v) is 9.31. The van der Waals surface area contributed by atoms with E-state index in [0.717, 1.165) is 32.1 Å². The van der Waals surface area contributed by atoms with Gasteiger partial charge in [-0.05, 0) is 41.7 Å². The molecule has 2 N–H and O–H groups in total. The van der Waals surface area contributed by atoms with E-state index in [0.29, 0.717) is 22.6 Å². The average Bonchev–Trinajstić information content (AvgIpc) is 2.81. The lowest BCUT2D eigenvalue weighted by molar-refractivity contribution is 0.0694. The Hall–Kier alpha value is -2.70. The van der Waals surface area contributed by atoms with Gasteiger partial charge in [0.1, 0.15) is 11.4 Å². The monoisotopic (exact) mass is 471 g/mol. The molecule has 0 spiro atoms. The predicted molar refractivity (Wildman–Crippen MR) is 127 cm³/mol. The van der Waals surface area contributed by atoms with Gasteiger partial charge in [-0.3, -0.25) is 4.79 Å². The molecule has 4 rings (SSSR count). The lowest BCUT2D eigenvalue weighted by atomic mass is 9.84. The number of nitrogens with zero attached hydrogens (tertiary/aromatic N) is 1. The van der Waals surface area contributed by atoms with Gasteiger partial charge in [0.2, 0.25) is 5.43 Å². The van der Waals surface area contributed by atoms with E-state index < -0.39 is 17.2 Å². The summed E-state index contributed by atoms with van der Waals surface area (Å²) in [6.45, 7) is -0.150. The zero-order chi connectivity index (χ0) is 23.5. The van der Waals surface area contributed by atoms with Crippen LogP contribution in [-0.4, -0.2) is 27.4 Å². The number of halogens is 2. The number of carboxylic acid groups (broad SMARTS) is 1. The van der Waals surface area contributed by atoms with Gasteiger partial charge >= 0.3 is 5.97 Å². The first-order valence-electron chi connectivity index (χ1n) is 11.3. The van der Waals surface area contributed by atoms with Crippen LogP contribution in [-0.2, 0) is 6.42 Å². The van der Waals surface area contributed by atoms with Crippen molar-refractivity contribution in [2.75, 3.05) is 6.61 Å². The molecular formula is C26H27ClFNO4. The third-order valence-electron chi connectivity index (χ3n) is 6.69. The Kier molecular flexibility index (Phi) is 7.15. The summed E-state index contributed by atoms with van der Waals surface area (Å²) in [7, 11) is 0. The molecule has 1 heterocycles. The Morgan fingerprint density at radius 2 is 1.94 bits per heavy atom. The zero-order valence-electron chi connectivity index (χ0n) is 18.3. The van der Waals surface area contributed by atoms with E-state index >= 15 is 0 Å². The third kappa shape index (κ3) is 4.97. The number of carboxylic acids is 1. The van der Waals surface area contributed by atoms with Crippen LogP contribution in [0.2, 0.25) is 5.02 Å². The zero-order valence-corrected chi connectivity index (χ0v) is 19.0. The number of carbonyl (C=O) groups is 1. The normalized spacial score (nSPS) is 15.6. The molecule has 5 nitrogen and oxygen atoms in total. The van der Waals surface area contributed by atoms with Gasteiger partial charge in [0, 0.05) is 18.0 Å². The molecule has 1 saturated carbocycles. The van der Waals surface area contributed by atoms with Crippen molar-refractivity contribution in [2.45, 2.75) is 51.0 Å². The highest BCUT2D eigenvalue weighted by atomic mass is 35.5. The highest BCUT2D eigenvalue weighted by molar-refractivity contribution is 6.30. The number of benzene rings is 2. The standard InChI is InChI=1S/C26H27ClFNO4/c27-22-8-4-7-18(24(22)28)11-17-9-10-23-20(13-17)25(31)21(26(32)33)14-29(23)19(15-30)12-16-5-2-1-3-6-16/h4,7-10,13-14,16,19,30H,1-3,5-6,11-12,15H2,(H,32,33)/t19-/m0/s1. The first-order chi connectivity index (χ1) is 15.9. The number of rotatable bonds is 7. The van der Waals surface area contributed by atoms with Gasteiger partial charge in [-0.1, -0.05) is 61.9 Å². The smallest absolute Gasteiger partial charge is 0.341 e. The molecule has 2 aromatic carbocycles. The summed E-state index contributed by atoms with van der Waals surface area (Å²) in [6.07, 6.45) is 8.03. The summed E-state index contributed by atoms with van der Waals surface area (Å²) >= 11 is 5.89. The Morgan fingerprint density at radius 1 is 1.18 bits per heavy atom. The Morgan fingerprint density at radius 3 is 2.64 bits per heavy atom. The molecular weight excluding hydrogens is 445 g/mol. The minimum absolute atomic E-state index is 0.0253. The Bertz CT molecular complexity index is 1230. The highest BCUT2D eigenvalue weighted by Gasteiger charge is 2.23. The summed E-state index contributed by atoms with van der Waals surface area (Å²) in [6, 6.07) is 9.61. The van der Waals surface area contributed by atoms with Crippen molar-refractivity contribution in [3.63, 3.8) is 0 Å². The van der Waals surface area contributed by atoms with Gasteiger partial charge in [0.15, 0.2) is 0 Å². The van der Waals surface area contributed by atoms with Gasteiger partial charge in [0.05, 0.1) is 23.2 Å². The van der Waals surface area contributed by atoms with Gasteiger partial charge < -0.3 is 14.8 Å². The van der Waals surface area contributed by atoms with E-state index in [1.807, 2.05) is 0 Å². The number of aromatic carboxylic acids is 1. The summed E-state index contributed by atoms with van der Waals surface area (Å²) in [5, 5.41) is 20.1. The Labute approximate surface area is 196 Å². The molecule has 0 aliphatic heterocycles. The van der Waals surface area contributed by atoms with E-state index in [9.17, 15) is 24.2 Å². The van der Waals surface area contributed by atoms with Crippen LogP contribution >= 0.6 is 11.6 Å². The molecule has 0 amide bonds. The van der Waals surface area contributed by atoms with Crippen molar-refractivity contribution < 1.29 is 19.4 Å². The molecule has 1 atom stereocenters. The fourth-order valence-electron chi connectivity index (χ4n) is 4.96. The van der Waals surface area contributed by atoms with Crippen LogP contribution in [0.15, 0.2) is 47.4 Å². The SMILES string of the molecule is O=C(O)c1cn([C@H](CO)CC2CCCCC2)c2ccc(Cc3cccc(Cl)c3F)cc2c1=O. The maximum atomic E-state index is 14.4. The van der Waals surface area contributed by atoms with Crippen molar-refractivity contribution >= 4 is 28.5 Å². The Balaban J connectivity index is 1.78. The minimum atomic E-state index is -1.31. The van der Waals surface area contributed by atoms with Gasteiger partial charge in [-0.25, -0.2) is 9.18 Å². The molecule has 0 saturated heterocycles. The molecule has 1 aromatic heterocycles. The van der Waals surface area contributed by atoms with E-state index in [2.05, 4.69) is 0 Å². The molecule has 0 unspecified atom stereocenters. The second kappa shape index (κ2) is 10.1. The van der Waals surface area contributed by atoms with Gasteiger partial charge in [-0.2, -0.15) is 0 Å². The van der Waals surface area contributed by atoms with E-state index in [-0.39, 0.29) is 35.0 Å². The molecule has 1 aliphatic rings. The third-order valence-corrected chi connectivity index (χ3v) is 6.98. The van der Waals surface area contributed by atoms with Crippen LogP contribution < -0.4 is 5.43 Å². The number of aliphatic hydroxyl groups is 1. The van der Waals surface area contributed by atoms with Crippen molar-refractivity contribution in [2.24, 2.45) is 5.92 Å². The lowest BCUT2D eigenvalue weighted by Gasteiger charge is -2.28. The minimum Gasteiger partial charge on any atom is -0.477 e. The van der Waals surface area contributed by atoms with Crippen molar-refractivity contribution in [1.29, 1.82) is 0 Å². The number of fused-ring (bicyclic) bond motifs is 1. The van der Waals surface area contributed by atoms with Crippen LogP contribution in [0.3, 0.4) is 0 Å². The van der Waals surface area contributed by atoms with E-state index in [1.165, 1.54) is 18.7 Å². The van der Waals surface area contributed by atoms with Crippen molar-refractivity contribution in [3.8, 4) is 0 Å². The van der Waals surface area contributed by atoms with Crippen LogP contribution in [0.4, 0.5) is 4.39 Å². The molecule has 0 radical (unpaired) electrons. The first-order valence-corrected chi connectivity index (χ1v) is 11.7. The second-order valence-electron chi connectivity index (χ2n) is 8.90. The molecule has 174 valence electrons. The maximum absolute atomic E-state index is 14.4. The maximum Gasteiger partial charge on any atom is 0.341 e. The van der Waals surface area contributed by atoms with Gasteiger partial charge in [0.25, 0.3) is 0 Å². The molecule has 0 bridgehead atoms.